The Bertz CT molecular complexity index is 454. The van der Waals surface area contributed by atoms with Gasteiger partial charge in [-0.1, -0.05) is 24.3 Å². The molecule has 0 saturated heterocycles. The zero-order chi connectivity index (χ0) is 12.4. The molecule has 4 heteroatoms. The zero-order valence-electron chi connectivity index (χ0n) is 9.48. The lowest BCUT2D eigenvalue weighted by molar-refractivity contribution is -0.146. The summed E-state index contributed by atoms with van der Waals surface area (Å²) < 4.78 is 5.10. The van der Waals surface area contributed by atoms with E-state index in [1.807, 2.05) is 18.2 Å². The van der Waals surface area contributed by atoms with Crippen LogP contribution in [0.3, 0.4) is 0 Å². The lowest BCUT2D eigenvalue weighted by Gasteiger charge is -2.23. The van der Waals surface area contributed by atoms with Crippen molar-refractivity contribution in [3.63, 3.8) is 0 Å². The maximum atomic E-state index is 12.1. The van der Waals surface area contributed by atoms with Crippen LogP contribution in [0, 0.1) is 0 Å². The number of alkyl halides is 1. The molecule has 0 spiro atoms. The van der Waals surface area contributed by atoms with Gasteiger partial charge in [-0.15, -0.1) is 11.6 Å². The molecule has 17 heavy (non-hydrogen) atoms. The van der Waals surface area contributed by atoms with E-state index in [1.165, 1.54) is 6.92 Å². The summed E-state index contributed by atoms with van der Waals surface area (Å²) in [6, 6.07) is 7.40. The van der Waals surface area contributed by atoms with Crippen LogP contribution in [-0.2, 0) is 16.0 Å². The van der Waals surface area contributed by atoms with Crippen LogP contribution in [0.5, 0.6) is 0 Å². The highest BCUT2D eigenvalue weighted by atomic mass is 35.5. The van der Waals surface area contributed by atoms with E-state index in [0.29, 0.717) is 12.0 Å². The minimum Gasteiger partial charge on any atom is -0.453 e. The molecule has 0 heterocycles. The van der Waals surface area contributed by atoms with Gasteiger partial charge < -0.3 is 4.74 Å². The molecule has 0 aromatic heterocycles. The third-order valence-electron chi connectivity index (χ3n) is 2.83. The predicted molar refractivity (Wildman–Crippen MR) is 64.3 cm³/mol. The first-order valence-corrected chi connectivity index (χ1v) is 6.00. The highest BCUT2D eigenvalue weighted by Crippen LogP contribution is 2.23. The Balaban J connectivity index is 2.15. The van der Waals surface area contributed by atoms with Gasteiger partial charge in [0.25, 0.3) is 0 Å². The van der Waals surface area contributed by atoms with E-state index in [2.05, 4.69) is 0 Å². The van der Waals surface area contributed by atoms with Crippen LogP contribution < -0.4 is 0 Å². The first kappa shape index (κ1) is 12.1. The van der Waals surface area contributed by atoms with E-state index in [-0.39, 0.29) is 5.78 Å². The van der Waals surface area contributed by atoms with Gasteiger partial charge in [0.15, 0.2) is 6.10 Å². The van der Waals surface area contributed by atoms with Crippen molar-refractivity contribution < 1.29 is 14.3 Å². The normalized spacial score (nSPS) is 20.6. The van der Waals surface area contributed by atoms with Crippen molar-refractivity contribution in [2.45, 2.75) is 31.2 Å². The lowest BCUT2D eigenvalue weighted by Crippen LogP contribution is -2.34. The average Bonchev–Trinajstić information content (AvgIpc) is 2.33. The number of Topliss-reactive ketones (excluding diaryl/α,β-unsaturated/α-hetero) is 1. The maximum Gasteiger partial charge on any atom is 0.324 e. The van der Waals surface area contributed by atoms with Crippen LogP contribution >= 0.6 is 11.6 Å². The Hall–Kier alpha value is -1.35. The van der Waals surface area contributed by atoms with Crippen LogP contribution in [-0.4, -0.2) is 23.2 Å². The molecule has 2 rings (SSSR count). The smallest absolute Gasteiger partial charge is 0.324 e. The molecule has 0 bridgehead atoms. The largest absolute Gasteiger partial charge is 0.453 e. The number of aryl methyl sites for hydroxylation is 1. The summed E-state index contributed by atoms with van der Waals surface area (Å²) in [5.41, 5.74) is 1.67. The van der Waals surface area contributed by atoms with Gasteiger partial charge in [0, 0.05) is 5.56 Å². The Morgan fingerprint density at radius 3 is 2.88 bits per heavy atom. The number of fused-ring (bicyclic) bond motifs is 1. The van der Waals surface area contributed by atoms with Crippen LogP contribution in [0.2, 0.25) is 0 Å². The second-order valence-corrected chi connectivity index (χ2v) is 4.76. The summed E-state index contributed by atoms with van der Waals surface area (Å²) in [6.07, 6.45) is 0.598. The lowest BCUT2D eigenvalue weighted by atomic mass is 9.89. The van der Waals surface area contributed by atoms with Crippen LogP contribution in [0.1, 0.15) is 29.3 Å². The van der Waals surface area contributed by atoms with Crippen molar-refractivity contribution in [1.82, 2.24) is 0 Å². The summed E-state index contributed by atoms with van der Waals surface area (Å²) in [5, 5.41) is -0.722. The SMILES string of the molecule is CC(Cl)C(=O)OC1CCc2ccccc2C1=O. The van der Waals surface area contributed by atoms with Gasteiger partial charge in [0.2, 0.25) is 5.78 Å². The second-order valence-electron chi connectivity index (χ2n) is 4.10. The van der Waals surface area contributed by atoms with E-state index in [0.717, 1.165) is 12.0 Å². The van der Waals surface area contributed by atoms with Gasteiger partial charge in [0.05, 0.1) is 0 Å². The quantitative estimate of drug-likeness (QED) is 0.599. The molecule has 1 aromatic carbocycles. The molecule has 2 atom stereocenters. The zero-order valence-corrected chi connectivity index (χ0v) is 10.2. The Morgan fingerprint density at radius 2 is 2.18 bits per heavy atom. The topological polar surface area (TPSA) is 43.4 Å². The summed E-state index contributed by atoms with van der Waals surface area (Å²) in [6.45, 7) is 1.53. The number of benzene rings is 1. The molecule has 1 aliphatic carbocycles. The standard InChI is InChI=1S/C13H13ClO3/c1-8(14)13(16)17-11-7-6-9-4-2-3-5-10(9)12(11)15/h2-5,8,11H,6-7H2,1H3. The molecule has 0 fully saturated rings. The number of hydrogen-bond donors (Lipinski definition) is 0. The summed E-state index contributed by atoms with van der Waals surface area (Å²) >= 11 is 5.61. The molecule has 0 amide bonds. The van der Waals surface area contributed by atoms with Gasteiger partial charge in [0.1, 0.15) is 5.38 Å². The predicted octanol–water partition coefficient (Wildman–Crippen LogP) is 2.35. The molecule has 0 saturated carbocycles. The first-order valence-electron chi connectivity index (χ1n) is 5.56. The summed E-state index contributed by atoms with van der Waals surface area (Å²) in [4.78, 5) is 23.4. The second kappa shape index (κ2) is 4.88. The summed E-state index contributed by atoms with van der Waals surface area (Å²) in [7, 11) is 0. The molecular weight excluding hydrogens is 240 g/mol. The van der Waals surface area contributed by atoms with Crippen molar-refractivity contribution in [1.29, 1.82) is 0 Å². The highest BCUT2D eigenvalue weighted by molar-refractivity contribution is 6.29. The Kier molecular flexibility index (Phi) is 3.48. The first-order chi connectivity index (χ1) is 8.09. The molecule has 90 valence electrons. The third kappa shape index (κ3) is 2.50. The molecule has 3 nitrogen and oxygen atoms in total. The van der Waals surface area contributed by atoms with E-state index in [9.17, 15) is 9.59 Å². The number of esters is 1. The Labute approximate surface area is 105 Å². The molecular formula is C13H13ClO3. The van der Waals surface area contributed by atoms with Gasteiger partial charge >= 0.3 is 5.97 Å². The molecule has 0 N–H and O–H groups in total. The van der Waals surface area contributed by atoms with Gasteiger partial charge in [-0.2, -0.15) is 0 Å². The summed E-state index contributed by atoms with van der Waals surface area (Å²) in [5.74, 6) is -0.665. The minimum atomic E-state index is -0.722. The van der Waals surface area contributed by atoms with Crippen molar-refractivity contribution in [2.24, 2.45) is 0 Å². The fourth-order valence-corrected chi connectivity index (χ4v) is 1.97. The van der Waals surface area contributed by atoms with E-state index in [1.54, 1.807) is 6.07 Å². The van der Waals surface area contributed by atoms with Gasteiger partial charge in [-0.25, -0.2) is 0 Å². The van der Waals surface area contributed by atoms with Gasteiger partial charge in [-0.05, 0) is 25.3 Å². The number of halogens is 1. The van der Waals surface area contributed by atoms with Crippen LogP contribution in [0.25, 0.3) is 0 Å². The van der Waals surface area contributed by atoms with Crippen molar-refractivity contribution in [3.8, 4) is 0 Å². The molecule has 0 radical (unpaired) electrons. The number of carbonyl (C=O) groups excluding carboxylic acids is 2. The third-order valence-corrected chi connectivity index (χ3v) is 3.01. The van der Waals surface area contributed by atoms with Crippen molar-refractivity contribution >= 4 is 23.4 Å². The molecule has 1 aliphatic rings. The average molecular weight is 253 g/mol. The van der Waals surface area contributed by atoms with E-state index >= 15 is 0 Å². The highest BCUT2D eigenvalue weighted by Gasteiger charge is 2.30. The fraction of sp³-hybridized carbons (Fsp3) is 0.385. The van der Waals surface area contributed by atoms with Crippen molar-refractivity contribution in [2.75, 3.05) is 0 Å². The van der Waals surface area contributed by atoms with Gasteiger partial charge in [-0.3, -0.25) is 9.59 Å². The van der Waals surface area contributed by atoms with E-state index in [4.69, 9.17) is 16.3 Å². The number of hydrogen-bond acceptors (Lipinski definition) is 3. The Morgan fingerprint density at radius 1 is 1.47 bits per heavy atom. The van der Waals surface area contributed by atoms with E-state index < -0.39 is 17.5 Å². The van der Waals surface area contributed by atoms with Crippen LogP contribution in [0.15, 0.2) is 24.3 Å². The number of rotatable bonds is 2. The number of ether oxygens (including phenoxy) is 1. The fourth-order valence-electron chi connectivity index (χ4n) is 1.92. The molecule has 1 aromatic rings. The minimum absolute atomic E-state index is 0.127. The van der Waals surface area contributed by atoms with Crippen LogP contribution in [0.4, 0.5) is 0 Å². The monoisotopic (exact) mass is 252 g/mol. The molecule has 0 aliphatic heterocycles. The van der Waals surface area contributed by atoms with Crippen molar-refractivity contribution in [3.05, 3.63) is 35.4 Å². The molecule has 2 unspecified atom stereocenters. The number of carbonyl (C=O) groups is 2. The maximum absolute atomic E-state index is 12.1. The number of ketones is 1.